The number of carbonyl (C=O) groups excluding carboxylic acids is 1. The van der Waals surface area contributed by atoms with Crippen molar-refractivity contribution in [2.24, 2.45) is 0 Å². The Balaban J connectivity index is 1.25. The lowest BCUT2D eigenvalue weighted by atomic mass is 10.2. The number of piperazine rings is 1. The van der Waals surface area contributed by atoms with E-state index in [2.05, 4.69) is 30.0 Å². The Hall–Kier alpha value is -3.26. The molecule has 2 aromatic heterocycles. The highest BCUT2D eigenvalue weighted by Crippen LogP contribution is 2.20. The van der Waals surface area contributed by atoms with E-state index < -0.39 is 0 Å². The monoisotopic (exact) mass is 452 g/mol. The minimum Gasteiger partial charge on any atom is -0.494 e. The summed E-state index contributed by atoms with van der Waals surface area (Å²) in [5.74, 6) is 2.43. The maximum atomic E-state index is 12.9. The summed E-state index contributed by atoms with van der Waals surface area (Å²) in [7, 11) is 0. The van der Waals surface area contributed by atoms with E-state index in [1.54, 1.807) is 12.1 Å². The summed E-state index contributed by atoms with van der Waals surface area (Å²) >= 11 is 0. The van der Waals surface area contributed by atoms with Crippen molar-refractivity contribution in [2.75, 3.05) is 32.8 Å². The summed E-state index contributed by atoms with van der Waals surface area (Å²) in [4.78, 5) is 17.1. The normalized spacial score (nSPS) is 14.5. The second kappa shape index (κ2) is 10.6. The standard InChI is InChI=1S/C25H32N4O4/c1-4-29-17-20(19(3)26-29)16-27-12-14-28(15-13-27)25(30)24-11-10-23(33-24)18-32-22-8-6-21(7-9-22)31-5-2/h6-11,17H,4-5,12-16,18H2,1-3H3. The Labute approximate surface area is 194 Å². The molecule has 0 aliphatic carbocycles. The van der Waals surface area contributed by atoms with Gasteiger partial charge in [0.1, 0.15) is 23.9 Å². The highest BCUT2D eigenvalue weighted by Gasteiger charge is 2.25. The van der Waals surface area contributed by atoms with Gasteiger partial charge in [-0.15, -0.1) is 0 Å². The second-order valence-electron chi connectivity index (χ2n) is 8.12. The number of aryl methyl sites for hydroxylation is 2. The first-order valence-corrected chi connectivity index (χ1v) is 11.5. The van der Waals surface area contributed by atoms with Crippen molar-refractivity contribution in [1.29, 1.82) is 0 Å². The molecule has 0 spiro atoms. The summed E-state index contributed by atoms with van der Waals surface area (Å²) in [5.41, 5.74) is 2.32. The number of rotatable bonds is 9. The van der Waals surface area contributed by atoms with E-state index in [-0.39, 0.29) is 12.5 Å². The number of carbonyl (C=O) groups is 1. The van der Waals surface area contributed by atoms with Gasteiger partial charge in [-0.3, -0.25) is 14.4 Å². The lowest BCUT2D eigenvalue weighted by Crippen LogP contribution is -2.48. The largest absolute Gasteiger partial charge is 0.494 e. The third-order valence-corrected chi connectivity index (χ3v) is 5.81. The molecule has 0 radical (unpaired) electrons. The Morgan fingerprint density at radius 3 is 2.33 bits per heavy atom. The van der Waals surface area contributed by atoms with Gasteiger partial charge >= 0.3 is 0 Å². The van der Waals surface area contributed by atoms with Crippen molar-refractivity contribution in [3.05, 3.63) is 65.4 Å². The molecule has 1 amide bonds. The van der Waals surface area contributed by atoms with Gasteiger partial charge in [-0.1, -0.05) is 0 Å². The molecule has 3 aromatic rings. The Bertz CT molecular complexity index is 1050. The smallest absolute Gasteiger partial charge is 0.289 e. The first kappa shape index (κ1) is 22.9. The van der Waals surface area contributed by atoms with Crippen LogP contribution in [0.4, 0.5) is 0 Å². The van der Waals surface area contributed by atoms with Gasteiger partial charge in [0, 0.05) is 51.0 Å². The topological polar surface area (TPSA) is 73.0 Å². The van der Waals surface area contributed by atoms with Crippen LogP contribution in [0.25, 0.3) is 0 Å². The van der Waals surface area contributed by atoms with Crippen molar-refractivity contribution in [3.63, 3.8) is 0 Å². The molecular weight excluding hydrogens is 420 g/mol. The molecule has 0 bridgehead atoms. The maximum absolute atomic E-state index is 12.9. The molecule has 0 unspecified atom stereocenters. The zero-order chi connectivity index (χ0) is 23.2. The zero-order valence-corrected chi connectivity index (χ0v) is 19.6. The van der Waals surface area contributed by atoms with Crippen molar-refractivity contribution < 1.29 is 18.7 Å². The number of benzene rings is 1. The van der Waals surface area contributed by atoms with Gasteiger partial charge in [0.2, 0.25) is 0 Å². The van der Waals surface area contributed by atoms with Gasteiger partial charge in [0.15, 0.2) is 5.76 Å². The Morgan fingerprint density at radius 1 is 1.00 bits per heavy atom. The molecule has 0 atom stereocenters. The number of hydrogen-bond acceptors (Lipinski definition) is 6. The summed E-state index contributed by atoms with van der Waals surface area (Å²) in [6.45, 7) is 11.7. The van der Waals surface area contributed by atoms with Crippen LogP contribution in [0.5, 0.6) is 11.5 Å². The average molecular weight is 453 g/mol. The SMILES string of the molecule is CCOc1ccc(OCc2ccc(C(=O)N3CCN(Cc4cn(CC)nc4C)CC3)o2)cc1. The number of hydrogen-bond donors (Lipinski definition) is 0. The highest BCUT2D eigenvalue weighted by atomic mass is 16.5. The molecule has 176 valence electrons. The van der Waals surface area contributed by atoms with Crippen molar-refractivity contribution >= 4 is 5.91 Å². The van der Waals surface area contributed by atoms with Crippen molar-refractivity contribution in [1.82, 2.24) is 19.6 Å². The average Bonchev–Trinajstić information content (AvgIpc) is 3.45. The molecule has 1 aliphatic heterocycles. The third kappa shape index (κ3) is 5.76. The predicted molar refractivity (Wildman–Crippen MR) is 124 cm³/mol. The van der Waals surface area contributed by atoms with Crippen LogP contribution >= 0.6 is 0 Å². The van der Waals surface area contributed by atoms with Crippen LogP contribution in [-0.2, 0) is 19.7 Å². The summed E-state index contributed by atoms with van der Waals surface area (Å²) in [6.07, 6.45) is 2.12. The number of furan rings is 1. The van der Waals surface area contributed by atoms with Gasteiger partial charge in [0.25, 0.3) is 5.91 Å². The zero-order valence-electron chi connectivity index (χ0n) is 19.6. The van der Waals surface area contributed by atoms with E-state index in [0.29, 0.717) is 31.2 Å². The van der Waals surface area contributed by atoms with Gasteiger partial charge in [-0.25, -0.2) is 0 Å². The fourth-order valence-electron chi connectivity index (χ4n) is 3.91. The van der Waals surface area contributed by atoms with E-state index in [0.717, 1.165) is 43.4 Å². The molecule has 1 aromatic carbocycles. The van der Waals surface area contributed by atoms with E-state index >= 15 is 0 Å². The van der Waals surface area contributed by atoms with Crippen LogP contribution in [0.15, 0.2) is 47.0 Å². The van der Waals surface area contributed by atoms with Gasteiger partial charge in [0.05, 0.1) is 12.3 Å². The van der Waals surface area contributed by atoms with Crippen molar-refractivity contribution in [2.45, 2.75) is 40.5 Å². The number of aromatic nitrogens is 2. The van der Waals surface area contributed by atoms with E-state index in [9.17, 15) is 4.79 Å². The van der Waals surface area contributed by atoms with Crippen LogP contribution in [0.1, 0.15) is 41.4 Å². The van der Waals surface area contributed by atoms with Gasteiger partial charge < -0.3 is 18.8 Å². The molecule has 1 saturated heterocycles. The van der Waals surface area contributed by atoms with Gasteiger partial charge in [-0.2, -0.15) is 5.10 Å². The summed E-state index contributed by atoms with van der Waals surface area (Å²) < 4.78 is 18.9. The molecule has 1 fully saturated rings. The molecule has 8 nitrogen and oxygen atoms in total. The van der Waals surface area contributed by atoms with Crippen LogP contribution in [0.2, 0.25) is 0 Å². The van der Waals surface area contributed by atoms with Gasteiger partial charge in [-0.05, 0) is 57.2 Å². The predicted octanol–water partition coefficient (Wildman–Crippen LogP) is 3.74. The lowest BCUT2D eigenvalue weighted by Gasteiger charge is -2.34. The fraction of sp³-hybridized carbons (Fsp3) is 0.440. The van der Waals surface area contributed by atoms with E-state index in [1.165, 1.54) is 5.56 Å². The molecule has 8 heteroatoms. The first-order valence-electron chi connectivity index (χ1n) is 11.5. The maximum Gasteiger partial charge on any atom is 0.289 e. The summed E-state index contributed by atoms with van der Waals surface area (Å²) in [6, 6.07) is 11.0. The van der Waals surface area contributed by atoms with Crippen LogP contribution in [-0.4, -0.2) is 58.3 Å². The highest BCUT2D eigenvalue weighted by molar-refractivity contribution is 5.91. The first-order chi connectivity index (χ1) is 16.1. The molecule has 0 saturated carbocycles. The minimum atomic E-state index is -0.0723. The number of amides is 1. The third-order valence-electron chi connectivity index (χ3n) is 5.81. The molecule has 1 aliphatic rings. The Kier molecular flexibility index (Phi) is 7.34. The number of ether oxygens (including phenoxy) is 2. The number of nitrogens with zero attached hydrogens (tertiary/aromatic N) is 4. The van der Waals surface area contributed by atoms with E-state index in [1.807, 2.05) is 40.8 Å². The molecule has 3 heterocycles. The molecule has 33 heavy (non-hydrogen) atoms. The lowest BCUT2D eigenvalue weighted by molar-refractivity contribution is 0.0594. The second-order valence-corrected chi connectivity index (χ2v) is 8.12. The summed E-state index contributed by atoms with van der Waals surface area (Å²) in [5, 5.41) is 4.52. The Morgan fingerprint density at radius 2 is 1.70 bits per heavy atom. The van der Waals surface area contributed by atoms with E-state index in [4.69, 9.17) is 13.9 Å². The molecule has 0 N–H and O–H groups in total. The minimum absolute atomic E-state index is 0.0723. The van der Waals surface area contributed by atoms with Crippen LogP contribution in [0, 0.1) is 6.92 Å². The molecule has 4 rings (SSSR count). The quantitative estimate of drug-likeness (QED) is 0.493. The molecular formula is C25H32N4O4. The van der Waals surface area contributed by atoms with Crippen LogP contribution in [0.3, 0.4) is 0 Å². The fourth-order valence-corrected chi connectivity index (χ4v) is 3.91. The van der Waals surface area contributed by atoms with Crippen molar-refractivity contribution in [3.8, 4) is 11.5 Å². The van der Waals surface area contributed by atoms with Crippen LogP contribution < -0.4 is 9.47 Å².